The van der Waals surface area contributed by atoms with Crippen LogP contribution in [-0.2, 0) is 0 Å². The molecule has 0 bridgehead atoms. The molecule has 17 heavy (non-hydrogen) atoms. The van der Waals surface area contributed by atoms with Gasteiger partial charge in [-0.1, -0.05) is 19.9 Å². The van der Waals surface area contributed by atoms with Gasteiger partial charge in [-0.3, -0.25) is 4.99 Å². The zero-order valence-electron chi connectivity index (χ0n) is 10.8. The first-order valence-corrected chi connectivity index (χ1v) is 5.80. The van der Waals surface area contributed by atoms with Crippen LogP contribution in [-0.4, -0.2) is 30.5 Å². The molecule has 0 fully saturated rings. The number of nitrogens with zero attached hydrogens (tertiary/aromatic N) is 1. The summed E-state index contributed by atoms with van der Waals surface area (Å²) in [6.07, 6.45) is -1.04. The first kappa shape index (κ1) is 16.2. The summed E-state index contributed by atoms with van der Waals surface area (Å²) in [4.78, 5) is 4.06. The largest absolute Gasteiger partial charge is 0.404 e. The molecule has 1 atom stereocenters. The Morgan fingerprint density at radius 2 is 2.00 bits per heavy atom. The number of nitrogens with one attached hydrogen (secondary N) is 1. The average Bonchev–Trinajstić information content (AvgIpc) is 2.15. The van der Waals surface area contributed by atoms with Crippen LogP contribution in [0, 0.1) is 0 Å². The Morgan fingerprint density at radius 1 is 1.41 bits per heavy atom. The topological polar surface area (TPSA) is 24.4 Å². The highest BCUT2D eigenvalue weighted by Crippen LogP contribution is 2.23. The molecule has 0 radical (unpaired) electrons. The van der Waals surface area contributed by atoms with Crippen LogP contribution >= 0.6 is 0 Å². The molecule has 5 heteroatoms. The molecule has 0 spiro atoms. The molecule has 0 saturated heterocycles. The fraction of sp³-hybridized carbons (Fsp3) is 0.750. The summed E-state index contributed by atoms with van der Waals surface area (Å²) in [7, 11) is 0. The van der Waals surface area contributed by atoms with E-state index in [0.29, 0.717) is 12.3 Å². The van der Waals surface area contributed by atoms with Crippen LogP contribution in [0.5, 0.6) is 0 Å². The summed E-state index contributed by atoms with van der Waals surface area (Å²) in [5, 5.41) is 2.53. The van der Waals surface area contributed by atoms with Crippen LogP contribution in [0.15, 0.2) is 17.1 Å². The van der Waals surface area contributed by atoms with E-state index in [9.17, 15) is 13.2 Å². The normalized spacial score (nSPS) is 15.9. The second-order valence-corrected chi connectivity index (χ2v) is 4.09. The highest BCUT2D eigenvalue weighted by molar-refractivity contribution is 5.95. The maximum Gasteiger partial charge on any atom is 0.404 e. The van der Waals surface area contributed by atoms with E-state index >= 15 is 0 Å². The minimum Gasteiger partial charge on any atom is -0.304 e. The second kappa shape index (κ2) is 7.48. The van der Waals surface area contributed by atoms with Crippen LogP contribution in [0.1, 0.15) is 35.5 Å². The van der Waals surface area contributed by atoms with Crippen LogP contribution < -0.4 is 5.32 Å². The van der Waals surface area contributed by atoms with Crippen molar-refractivity contribution in [3.63, 3.8) is 0 Å². The van der Waals surface area contributed by atoms with E-state index in [1.165, 1.54) is 0 Å². The second-order valence-electron chi connectivity index (χ2n) is 4.09. The third-order valence-corrected chi connectivity index (χ3v) is 2.06. The smallest absolute Gasteiger partial charge is 0.304 e. The van der Waals surface area contributed by atoms with Crippen molar-refractivity contribution in [3.8, 4) is 0 Å². The van der Waals surface area contributed by atoms with Gasteiger partial charge in [0.25, 0.3) is 0 Å². The van der Waals surface area contributed by atoms with Gasteiger partial charge in [-0.25, -0.2) is 0 Å². The van der Waals surface area contributed by atoms with Gasteiger partial charge >= 0.3 is 6.18 Å². The van der Waals surface area contributed by atoms with Crippen LogP contribution in [0.2, 0.25) is 0 Å². The molecule has 0 rings (SSSR count). The maximum absolute atomic E-state index is 12.8. The minimum atomic E-state index is -4.25. The van der Waals surface area contributed by atoms with Gasteiger partial charge in [-0.05, 0) is 19.9 Å². The fourth-order valence-electron chi connectivity index (χ4n) is 1.46. The van der Waals surface area contributed by atoms with Crippen molar-refractivity contribution in [1.29, 1.82) is 0 Å². The van der Waals surface area contributed by atoms with E-state index in [4.69, 9.17) is 0 Å². The molecular weight excluding hydrogens is 229 g/mol. The molecule has 0 aliphatic heterocycles. The summed E-state index contributed by atoms with van der Waals surface area (Å²) in [6, 6.07) is -1.75. The third kappa shape index (κ3) is 7.15. The van der Waals surface area contributed by atoms with Crippen LogP contribution in [0.4, 0.5) is 13.2 Å². The van der Waals surface area contributed by atoms with Crippen molar-refractivity contribution in [2.75, 3.05) is 6.54 Å². The molecule has 1 N–H and O–H groups in total. The fourth-order valence-corrected chi connectivity index (χ4v) is 1.46. The van der Waals surface area contributed by atoms with E-state index in [2.05, 4.69) is 10.3 Å². The van der Waals surface area contributed by atoms with Gasteiger partial charge < -0.3 is 5.32 Å². The average molecular weight is 252 g/mol. The molecule has 0 aliphatic carbocycles. The molecule has 0 aliphatic rings. The first-order chi connectivity index (χ1) is 7.81. The molecule has 0 aromatic heterocycles. The molecular formula is C12H23F3N2. The Kier molecular flexibility index (Phi) is 7.11. The van der Waals surface area contributed by atoms with Crippen molar-refractivity contribution < 1.29 is 14.6 Å². The Labute approximate surface area is 102 Å². The van der Waals surface area contributed by atoms with E-state index < -0.39 is 12.2 Å². The zero-order chi connectivity index (χ0) is 13.5. The lowest BCUT2D eigenvalue weighted by Gasteiger charge is -2.23. The van der Waals surface area contributed by atoms with Gasteiger partial charge in [0.05, 0.1) is 0 Å². The summed E-state index contributed by atoms with van der Waals surface area (Å²) in [6.45, 7) is 7.47. The molecule has 102 valence electrons. The molecule has 0 saturated carbocycles. The Bertz CT molecular complexity index is 273. The SMILES string of the molecule is C/C=C\C(CC(NC(C)C)C(F)(F)F)=NCC.[HH]. The van der Waals surface area contributed by atoms with Crippen LogP contribution in [0.25, 0.3) is 0 Å². The standard InChI is InChI=1S/C12H21F3N2.H2/c1-5-7-10(16-6-2)8-11(12(13,14)15)17-9(3)4;/h5,7,9,11,17H,6,8H2,1-4H3;1H/b7-5-,16-10?;. The Hall–Kier alpha value is -0.840. The van der Waals surface area contributed by atoms with E-state index in [-0.39, 0.29) is 13.9 Å². The number of halogens is 3. The Morgan fingerprint density at radius 3 is 2.35 bits per heavy atom. The number of allylic oxidation sites excluding steroid dienone is 2. The van der Waals surface area contributed by atoms with Gasteiger partial charge in [0, 0.05) is 26.1 Å². The monoisotopic (exact) mass is 252 g/mol. The van der Waals surface area contributed by atoms with Crippen molar-refractivity contribution in [2.45, 2.75) is 52.4 Å². The van der Waals surface area contributed by atoms with Gasteiger partial charge in [0.2, 0.25) is 0 Å². The van der Waals surface area contributed by atoms with Crippen molar-refractivity contribution in [1.82, 2.24) is 5.32 Å². The molecule has 1 unspecified atom stereocenters. The lowest BCUT2D eigenvalue weighted by molar-refractivity contribution is -0.155. The van der Waals surface area contributed by atoms with Crippen molar-refractivity contribution >= 4 is 5.71 Å². The highest BCUT2D eigenvalue weighted by atomic mass is 19.4. The van der Waals surface area contributed by atoms with Gasteiger partial charge in [-0.2, -0.15) is 13.2 Å². The predicted octanol–water partition coefficient (Wildman–Crippen LogP) is 3.59. The highest BCUT2D eigenvalue weighted by Gasteiger charge is 2.40. The molecule has 0 heterocycles. The molecule has 0 aromatic carbocycles. The van der Waals surface area contributed by atoms with Crippen LogP contribution in [0.3, 0.4) is 0 Å². The summed E-state index contributed by atoms with van der Waals surface area (Å²) >= 11 is 0. The van der Waals surface area contributed by atoms with Gasteiger partial charge in [0.1, 0.15) is 6.04 Å². The van der Waals surface area contributed by atoms with Crippen molar-refractivity contribution in [2.24, 2.45) is 4.99 Å². The van der Waals surface area contributed by atoms with Crippen molar-refractivity contribution in [3.05, 3.63) is 12.2 Å². The lowest BCUT2D eigenvalue weighted by Crippen LogP contribution is -2.46. The predicted molar refractivity (Wildman–Crippen MR) is 67.6 cm³/mol. The number of alkyl halides is 3. The number of rotatable bonds is 6. The molecule has 0 amide bonds. The zero-order valence-corrected chi connectivity index (χ0v) is 10.8. The maximum atomic E-state index is 12.8. The Balaban J connectivity index is 0. The lowest BCUT2D eigenvalue weighted by atomic mass is 10.1. The minimum absolute atomic E-state index is 0. The number of aliphatic imine (C=N–C) groups is 1. The number of hydrogen-bond donors (Lipinski definition) is 1. The summed E-state index contributed by atoms with van der Waals surface area (Å²) in [5.74, 6) is 0. The quantitative estimate of drug-likeness (QED) is 0.718. The molecule has 0 aromatic rings. The molecule has 2 nitrogen and oxygen atoms in total. The van der Waals surface area contributed by atoms with Gasteiger partial charge in [-0.15, -0.1) is 0 Å². The summed E-state index contributed by atoms with van der Waals surface area (Å²) in [5.41, 5.74) is 0.477. The van der Waals surface area contributed by atoms with E-state index in [1.807, 2.05) is 6.92 Å². The number of hydrogen-bond acceptors (Lipinski definition) is 2. The first-order valence-electron chi connectivity index (χ1n) is 5.80. The van der Waals surface area contributed by atoms with E-state index in [0.717, 1.165) is 0 Å². The summed E-state index contributed by atoms with van der Waals surface area (Å²) < 4.78 is 38.3. The third-order valence-electron chi connectivity index (χ3n) is 2.06. The van der Waals surface area contributed by atoms with E-state index in [1.54, 1.807) is 32.9 Å². The van der Waals surface area contributed by atoms with Gasteiger partial charge in [0.15, 0.2) is 0 Å².